The van der Waals surface area contributed by atoms with Crippen molar-refractivity contribution in [1.29, 1.82) is 0 Å². The van der Waals surface area contributed by atoms with Gasteiger partial charge in [-0.1, -0.05) is 0 Å². The highest BCUT2D eigenvalue weighted by molar-refractivity contribution is 7.89. The smallest absolute Gasteiger partial charge is 0.240 e. The van der Waals surface area contributed by atoms with Crippen LogP contribution in [0.4, 0.5) is 4.39 Å². The Bertz CT molecular complexity index is 546. The van der Waals surface area contributed by atoms with Crippen molar-refractivity contribution >= 4 is 10.0 Å². The molecule has 1 unspecified atom stereocenters. The van der Waals surface area contributed by atoms with Crippen LogP contribution in [0.2, 0.25) is 0 Å². The van der Waals surface area contributed by atoms with Gasteiger partial charge in [-0.3, -0.25) is 0 Å². The van der Waals surface area contributed by atoms with Gasteiger partial charge in [0.1, 0.15) is 0 Å². The summed E-state index contributed by atoms with van der Waals surface area (Å²) in [5.74, 6) is -0.632. The average molecular weight is 290 g/mol. The number of hydrogen-bond acceptors (Lipinski definition) is 4. The van der Waals surface area contributed by atoms with Crippen molar-refractivity contribution in [3.05, 3.63) is 23.5 Å². The molecule has 1 rings (SSSR count). The SMILES string of the molecule is CNC(C)CNS(=O)(=O)c1ccc(OC)c(F)c1C. The first-order valence-corrected chi connectivity index (χ1v) is 7.31. The van der Waals surface area contributed by atoms with Gasteiger partial charge in [0.25, 0.3) is 0 Å². The van der Waals surface area contributed by atoms with E-state index in [4.69, 9.17) is 4.74 Å². The summed E-state index contributed by atoms with van der Waals surface area (Å²) in [5, 5.41) is 2.91. The molecule has 0 radical (unpaired) electrons. The van der Waals surface area contributed by atoms with Crippen LogP contribution in [-0.4, -0.2) is 35.2 Å². The van der Waals surface area contributed by atoms with E-state index in [9.17, 15) is 12.8 Å². The van der Waals surface area contributed by atoms with Crippen molar-refractivity contribution in [2.75, 3.05) is 20.7 Å². The van der Waals surface area contributed by atoms with E-state index in [-0.39, 0.29) is 28.8 Å². The molecular weight excluding hydrogens is 271 g/mol. The van der Waals surface area contributed by atoms with Crippen LogP contribution in [0.25, 0.3) is 0 Å². The number of benzene rings is 1. The maximum absolute atomic E-state index is 13.8. The average Bonchev–Trinajstić information content (AvgIpc) is 2.38. The van der Waals surface area contributed by atoms with E-state index in [1.807, 2.05) is 6.92 Å². The first-order valence-electron chi connectivity index (χ1n) is 5.83. The van der Waals surface area contributed by atoms with Crippen molar-refractivity contribution < 1.29 is 17.5 Å². The number of hydrogen-bond donors (Lipinski definition) is 2. The largest absolute Gasteiger partial charge is 0.494 e. The van der Waals surface area contributed by atoms with Crippen LogP contribution in [-0.2, 0) is 10.0 Å². The van der Waals surface area contributed by atoms with Crippen molar-refractivity contribution in [3.8, 4) is 5.75 Å². The number of ether oxygens (including phenoxy) is 1. The van der Waals surface area contributed by atoms with E-state index in [0.717, 1.165) is 0 Å². The standard InChI is InChI=1S/C12H19FN2O3S/c1-8(14-3)7-15-19(16,17)11-6-5-10(18-4)12(13)9(11)2/h5-6,8,14-15H,7H2,1-4H3. The van der Waals surface area contributed by atoms with Gasteiger partial charge in [0.05, 0.1) is 12.0 Å². The zero-order valence-electron chi connectivity index (χ0n) is 11.5. The van der Waals surface area contributed by atoms with E-state index in [1.54, 1.807) is 7.05 Å². The van der Waals surface area contributed by atoms with Gasteiger partial charge in [0.2, 0.25) is 10.0 Å². The third kappa shape index (κ3) is 3.65. The van der Waals surface area contributed by atoms with Crippen molar-refractivity contribution in [3.63, 3.8) is 0 Å². The molecule has 0 saturated heterocycles. The number of halogens is 1. The molecule has 2 N–H and O–H groups in total. The van der Waals surface area contributed by atoms with Gasteiger partial charge in [-0.2, -0.15) is 0 Å². The lowest BCUT2D eigenvalue weighted by Crippen LogP contribution is -2.37. The third-order valence-electron chi connectivity index (χ3n) is 2.88. The lowest BCUT2D eigenvalue weighted by atomic mass is 10.2. The fourth-order valence-electron chi connectivity index (χ4n) is 1.51. The minimum absolute atomic E-state index is 0.0156. The highest BCUT2D eigenvalue weighted by atomic mass is 32.2. The van der Waals surface area contributed by atoms with Crippen LogP contribution in [0.5, 0.6) is 5.75 Å². The number of nitrogens with one attached hydrogen (secondary N) is 2. The first-order chi connectivity index (χ1) is 8.83. The summed E-state index contributed by atoms with van der Waals surface area (Å²) in [6.07, 6.45) is 0. The van der Waals surface area contributed by atoms with Crippen LogP contribution < -0.4 is 14.8 Å². The van der Waals surface area contributed by atoms with Gasteiger partial charge in [0.15, 0.2) is 11.6 Å². The first kappa shape index (κ1) is 15.9. The molecule has 108 valence electrons. The number of likely N-dealkylation sites (N-methyl/N-ethyl adjacent to an activating group) is 1. The van der Waals surface area contributed by atoms with Crippen molar-refractivity contribution in [2.45, 2.75) is 24.8 Å². The van der Waals surface area contributed by atoms with Gasteiger partial charge in [-0.15, -0.1) is 0 Å². The topological polar surface area (TPSA) is 67.4 Å². The van der Waals surface area contributed by atoms with Gasteiger partial charge < -0.3 is 10.1 Å². The highest BCUT2D eigenvalue weighted by Crippen LogP contribution is 2.25. The Balaban J connectivity index is 3.06. The Hall–Kier alpha value is -1.18. The summed E-state index contributed by atoms with van der Waals surface area (Å²) in [7, 11) is -0.664. The molecule has 0 bridgehead atoms. The molecule has 0 spiro atoms. The molecule has 0 heterocycles. The fourth-order valence-corrected chi connectivity index (χ4v) is 2.87. The van der Waals surface area contributed by atoms with Crippen LogP contribution in [0, 0.1) is 12.7 Å². The Morgan fingerprint density at radius 1 is 1.42 bits per heavy atom. The van der Waals surface area contributed by atoms with Crippen molar-refractivity contribution in [1.82, 2.24) is 10.0 Å². The predicted octanol–water partition coefficient (Wildman–Crippen LogP) is 1.03. The Kier molecular flexibility index (Phi) is 5.28. The van der Waals surface area contributed by atoms with Crippen LogP contribution in [0.15, 0.2) is 17.0 Å². The highest BCUT2D eigenvalue weighted by Gasteiger charge is 2.21. The Morgan fingerprint density at radius 3 is 2.58 bits per heavy atom. The monoisotopic (exact) mass is 290 g/mol. The molecule has 1 atom stereocenters. The minimum Gasteiger partial charge on any atom is -0.494 e. The third-order valence-corrected chi connectivity index (χ3v) is 4.45. The van der Waals surface area contributed by atoms with E-state index in [2.05, 4.69) is 10.0 Å². The van der Waals surface area contributed by atoms with Gasteiger partial charge in [-0.25, -0.2) is 17.5 Å². The maximum atomic E-state index is 13.8. The van der Waals surface area contributed by atoms with E-state index in [1.165, 1.54) is 26.2 Å². The van der Waals surface area contributed by atoms with E-state index >= 15 is 0 Å². The van der Waals surface area contributed by atoms with Crippen molar-refractivity contribution in [2.24, 2.45) is 0 Å². The molecule has 0 saturated carbocycles. The summed E-state index contributed by atoms with van der Waals surface area (Å²) in [5.41, 5.74) is 0.0453. The molecule has 5 nitrogen and oxygen atoms in total. The quantitative estimate of drug-likeness (QED) is 0.821. The number of rotatable bonds is 6. The lowest BCUT2D eigenvalue weighted by molar-refractivity contribution is 0.384. The fraction of sp³-hybridized carbons (Fsp3) is 0.500. The van der Waals surface area contributed by atoms with Crippen LogP contribution in [0.1, 0.15) is 12.5 Å². The normalized spacial score (nSPS) is 13.3. The molecule has 1 aromatic carbocycles. The second-order valence-corrected chi connectivity index (χ2v) is 5.98. The number of sulfonamides is 1. The van der Waals surface area contributed by atoms with Gasteiger partial charge >= 0.3 is 0 Å². The molecular formula is C12H19FN2O3S. The Labute approximate surface area is 113 Å². The van der Waals surface area contributed by atoms with Crippen LogP contribution in [0.3, 0.4) is 0 Å². The van der Waals surface area contributed by atoms with E-state index < -0.39 is 15.8 Å². The van der Waals surface area contributed by atoms with Crippen LogP contribution >= 0.6 is 0 Å². The second-order valence-electron chi connectivity index (χ2n) is 4.25. The lowest BCUT2D eigenvalue weighted by Gasteiger charge is -2.14. The molecule has 0 fully saturated rings. The number of methoxy groups -OCH3 is 1. The zero-order chi connectivity index (χ0) is 14.6. The molecule has 0 aliphatic carbocycles. The summed E-state index contributed by atoms with van der Waals surface area (Å²) < 4.78 is 45.2. The summed E-state index contributed by atoms with van der Waals surface area (Å²) in [6.45, 7) is 3.48. The summed E-state index contributed by atoms with van der Waals surface area (Å²) >= 11 is 0. The summed E-state index contributed by atoms with van der Waals surface area (Å²) in [4.78, 5) is -0.0749. The Morgan fingerprint density at radius 2 is 2.05 bits per heavy atom. The molecule has 1 aromatic rings. The molecule has 0 aliphatic rings. The molecule has 0 aromatic heterocycles. The molecule has 0 amide bonds. The summed E-state index contributed by atoms with van der Waals surface area (Å²) in [6, 6.07) is 2.63. The van der Waals surface area contributed by atoms with Gasteiger partial charge in [-0.05, 0) is 33.0 Å². The van der Waals surface area contributed by atoms with E-state index in [0.29, 0.717) is 0 Å². The molecule has 19 heavy (non-hydrogen) atoms. The maximum Gasteiger partial charge on any atom is 0.240 e. The predicted molar refractivity (Wildman–Crippen MR) is 71.4 cm³/mol. The molecule has 0 aliphatic heterocycles. The zero-order valence-corrected chi connectivity index (χ0v) is 12.3. The van der Waals surface area contributed by atoms with Gasteiger partial charge in [0, 0.05) is 18.2 Å². The second kappa shape index (κ2) is 6.31. The molecule has 7 heteroatoms. The minimum atomic E-state index is -3.73.